The van der Waals surface area contributed by atoms with E-state index >= 15 is 0 Å². The fraction of sp³-hybridized carbons (Fsp3) is 0.262. The van der Waals surface area contributed by atoms with Gasteiger partial charge in [0, 0.05) is 18.5 Å². The molecule has 0 aliphatic rings. The van der Waals surface area contributed by atoms with Gasteiger partial charge in [-0.05, 0) is 51.4 Å². The molecule has 0 fully saturated rings. The van der Waals surface area contributed by atoms with Gasteiger partial charge in [-0.15, -0.1) is 10.2 Å². The minimum atomic E-state index is -4.57. The van der Waals surface area contributed by atoms with Crippen molar-refractivity contribution in [3.05, 3.63) is 132 Å². The Morgan fingerprint density at radius 2 is 1.49 bits per heavy atom. The van der Waals surface area contributed by atoms with Crippen molar-refractivity contribution in [2.45, 2.75) is 64.2 Å². The molecule has 6 rings (SSSR count). The molecule has 2 unspecified atom stereocenters. The summed E-state index contributed by atoms with van der Waals surface area (Å²) in [7, 11) is -4.57. The number of nitrogens with zero attached hydrogens (tertiary/aromatic N) is 5. The highest BCUT2D eigenvalue weighted by Crippen LogP contribution is 2.33. The Kier molecular flexibility index (Phi) is 14.3. The molecular formula is C42H46N9O7P. The molecule has 0 bridgehead atoms. The normalized spacial score (nSPS) is 12.5. The number of aliphatic carboxylic acids is 1. The number of aromatic nitrogens is 6. The molecule has 17 heteroatoms. The lowest BCUT2D eigenvalue weighted by atomic mass is 9.98. The van der Waals surface area contributed by atoms with Crippen LogP contribution in [0.5, 0.6) is 0 Å². The minimum Gasteiger partial charge on any atom is -0.480 e. The summed E-state index contributed by atoms with van der Waals surface area (Å²) in [5, 5.41) is 32.2. The maximum Gasteiger partial charge on any atom is 0.339 e. The van der Waals surface area contributed by atoms with Crippen LogP contribution in [0, 0.1) is 0 Å². The zero-order valence-corrected chi connectivity index (χ0v) is 33.3. The van der Waals surface area contributed by atoms with E-state index in [1.165, 1.54) is 0 Å². The number of H-pyrrole nitrogens is 1. The van der Waals surface area contributed by atoms with E-state index in [-0.39, 0.29) is 13.0 Å². The molecule has 6 aromatic rings. The van der Waals surface area contributed by atoms with Crippen molar-refractivity contribution in [2.75, 3.05) is 6.29 Å². The number of carbonyl (C=O) groups excluding carboxylic acids is 2. The number of imidazole rings is 1. The SMILES string of the molecule is CCCCc1ncc(CNC(=O)CC(NC(=O)C(Cc2ccc(-c3ccccc3)cc2)NCP(=O)(O)O)C(=O)O)n1Cc1ccc(-c2ccccc2-c2nn[nH]n2)cc1. The van der Waals surface area contributed by atoms with E-state index in [2.05, 4.69) is 48.5 Å². The molecule has 0 aliphatic heterocycles. The van der Waals surface area contributed by atoms with Crippen molar-refractivity contribution < 1.29 is 33.8 Å². The maximum absolute atomic E-state index is 13.5. The lowest BCUT2D eigenvalue weighted by Crippen LogP contribution is -2.52. The zero-order valence-electron chi connectivity index (χ0n) is 32.4. The van der Waals surface area contributed by atoms with Gasteiger partial charge in [-0.25, -0.2) is 9.78 Å². The van der Waals surface area contributed by atoms with E-state index in [0.717, 1.165) is 58.5 Å². The monoisotopic (exact) mass is 819 g/mol. The first-order chi connectivity index (χ1) is 28.5. The molecule has 0 aliphatic carbocycles. The van der Waals surface area contributed by atoms with Gasteiger partial charge < -0.3 is 30.1 Å². The first-order valence-corrected chi connectivity index (χ1v) is 20.9. The van der Waals surface area contributed by atoms with Crippen LogP contribution < -0.4 is 16.0 Å². The highest BCUT2D eigenvalue weighted by Gasteiger charge is 2.29. The third kappa shape index (κ3) is 11.9. The second-order valence-electron chi connectivity index (χ2n) is 14.1. The number of carboxylic acid groups (broad SMARTS) is 1. The fourth-order valence-corrected chi connectivity index (χ4v) is 7.06. The van der Waals surface area contributed by atoms with Crippen molar-refractivity contribution in [2.24, 2.45) is 0 Å². The molecule has 16 nitrogen and oxygen atoms in total. The number of amides is 2. The quantitative estimate of drug-likeness (QED) is 0.0519. The third-order valence-electron chi connectivity index (χ3n) is 9.73. The van der Waals surface area contributed by atoms with Gasteiger partial charge in [0.1, 0.15) is 11.9 Å². The number of aryl methyl sites for hydroxylation is 1. The third-order valence-corrected chi connectivity index (χ3v) is 10.3. The summed E-state index contributed by atoms with van der Waals surface area (Å²) in [5.41, 5.74) is 7.07. The number of nitrogens with one attached hydrogen (secondary N) is 4. The number of carbonyl (C=O) groups is 3. The number of unbranched alkanes of at least 4 members (excludes halogenated alkanes) is 1. The van der Waals surface area contributed by atoms with E-state index in [1.807, 2.05) is 95.6 Å². The van der Waals surface area contributed by atoms with Crippen LogP contribution in [-0.2, 0) is 44.9 Å². The van der Waals surface area contributed by atoms with Gasteiger partial charge >= 0.3 is 13.6 Å². The van der Waals surface area contributed by atoms with Gasteiger partial charge in [0.15, 0.2) is 0 Å². The van der Waals surface area contributed by atoms with Crippen molar-refractivity contribution in [3.8, 4) is 33.6 Å². The summed E-state index contributed by atoms with van der Waals surface area (Å²) in [6, 6.07) is 30.0. The Morgan fingerprint density at radius 1 is 0.831 bits per heavy atom. The molecule has 2 aromatic heterocycles. The molecule has 0 radical (unpaired) electrons. The van der Waals surface area contributed by atoms with Crippen LogP contribution in [0.1, 0.15) is 48.8 Å². The van der Waals surface area contributed by atoms with Crippen LogP contribution in [0.3, 0.4) is 0 Å². The summed E-state index contributed by atoms with van der Waals surface area (Å²) < 4.78 is 13.8. The van der Waals surface area contributed by atoms with Gasteiger partial charge in [0.25, 0.3) is 0 Å². The van der Waals surface area contributed by atoms with Crippen LogP contribution in [0.4, 0.5) is 0 Å². The lowest BCUT2D eigenvalue weighted by Gasteiger charge is -2.22. The molecule has 59 heavy (non-hydrogen) atoms. The molecule has 2 amide bonds. The summed E-state index contributed by atoms with van der Waals surface area (Å²) in [6.07, 6.45) is 2.91. The lowest BCUT2D eigenvalue weighted by molar-refractivity contribution is -0.143. The summed E-state index contributed by atoms with van der Waals surface area (Å²) in [5.74, 6) is -1.55. The highest BCUT2D eigenvalue weighted by atomic mass is 31.2. The molecule has 7 N–H and O–H groups in total. The number of hydrogen-bond acceptors (Lipinski definition) is 9. The van der Waals surface area contributed by atoms with Crippen molar-refractivity contribution in [1.29, 1.82) is 0 Å². The van der Waals surface area contributed by atoms with Gasteiger partial charge in [-0.2, -0.15) is 5.21 Å². The maximum atomic E-state index is 13.5. The van der Waals surface area contributed by atoms with Gasteiger partial charge in [-0.1, -0.05) is 116 Å². The predicted octanol–water partition coefficient (Wildman–Crippen LogP) is 4.70. The van der Waals surface area contributed by atoms with E-state index < -0.39 is 50.2 Å². The molecule has 2 atom stereocenters. The Balaban J connectivity index is 1.10. The molecule has 0 saturated carbocycles. The van der Waals surface area contributed by atoms with Crippen molar-refractivity contribution in [1.82, 2.24) is 46.1 Å². The zero-order chi connectivity index (χ0) is 41.8. The van der Waals surface area contributed by atoms with Crippen LogP contribution in [0.25, 0.3) is 33.6 Å². The standard InChI is InChI=1S/C42H46N9O7P/c1-2-3-13-38-43-24-33(51(38)26-29-16-20-32(21-17-29)34-11-7-8-12-35(34)40-47-49-50-48-40)25-44-39(52)23-37(42(54)55)46-41(53)36(45-27-59(56,57)58)22-28-14-18-31(19-15-28)30-9-5-4-6-10-30/h4-12,14-21,24,36-37,45H,2-3,13,22-23,25-27H2,1H3,(H,44,52)(H,46,53)(H,54,55)(H2,56,57,58)(H,47,48,49,50). The van der Waals surface area contributed by atoms with E-state index in [9.17, 15) is 33.8 Å². The molecule has 0 saturated heterocycles. The second kappa shape index (κ2) is 19.9. The predicted molar refractivity (Wildman–Crippen MR) is 220 cm³/mol. The van der Waals surface area contributed by atoms with E-state index in [4.69, 9.17) is 0 Å². The number of hydrogen-bond donors (Lipinski definition) is 7. The first kappa shape index (κ1) is 42.3. The van der Waals surface area contributed by atoms with Gasteiger partial charge in [0.05, 0.1) is 37.2 Å². The Morgan fingerprint density at radius 3 is 2.15 bits per heavy atom. The average Bonchev–Trinajstić information content (AvgIpc) is 3.91. The van der Waals surface area contributed by atoms with Crippen LogP contribution >= 0.6 is 7.60 Å². The Bertz CT molecular complexity index is 2370. The molecule has 306 valence electrons. The first-order valence-electron chi connectivity index (χ1n) is 19.1. The van der Waals surface area contributed by atoms with Gasteiger partial charge in [-0.3, -0.25) is 19.5 Å². The Labute approximate surface area is 340 Å². The van der Waals surface area contributed by atoms with Crippen LogP contribution in [0.15, 0.2) is 109 Å². The van der Waals surface area contributed by atoms with E-state index in [1.54, 1.807) is 18.3 Å². The fourth-order valence-electron chi connectivity index (χ4n) is 6.61. The molecule has 2 heterocycles. The average molecular weight is 820 g/mol. The number of benzene rings is 4. The molecule has 0 spiro atoms. The minimum absolute atomic E-state index is 0.0000714. The Hall–Kier alpha value is -6.32. The summed E-state index contributed by atoms with van der Waals surface area (Å²) >= 11 is 0. The van der Waals surface area contributed by atoms with Crippen LogP contribution in [0.2, 0.25) is 0 Å². The largest absolute Gasteiger partial charge is 0.480 e. The highest BCUT2D eigenvalue weighted by molar-refractivity contribution is 7.51. The number of tetrazole rings is 1. The molecular weight excluding hydrogens is 773 g/mol. The van der Waals surface area contributed by atoms with Crippen molar-refractivity contribution in [3.63, 3.8) is 0 Å². The topological polar surface area (TPSA) is 237 Å². The number of aromatic amines is 1. The van der Waals surface area contributed by atoms with Gasteiger partial charge in [0.2, 0.25) is 17.6 Å². The van der Waals surface area contributed by atoms with Crippen LogP contribution in [-0.4, -0.2) is 81.2 Å². The summed E-state index contributed by atoms with van der Waals surface area (Å²) in [4.78, 5) is 62.7. The second-order valence-corrected chi connectivity index (χ2v) is 15.7. The number of carboxylic acids is 1. The summed E-state index contributed by atoms with van der Waals surface area (Å²) in [6.45, 7) is 2.62. The van der Waals surface area contributed by atoms with Crippen molar-refractivity contribution >= 4 is 25.4 Å². The number of rotatable bonds is 20. The molecule has 4 aromatic carbocycles. The smallest absolute Gasteiger partial charge is 0.339 e. The van der Waals surface area contributed by atoms with E-state index in [0.29, 0.717) is 23.6 Å².